The van der Waals surface area contributed by atoms with Crippen LogP contribution in [0, 0.1) is 0 Å². The molecular formula is C28H33N3O7S. The molecule has 3 saturated heterocycles. The minimum Gasteiger partial charge on any atom is -0.507 e. The lowest BCUT2D eigenvalue weighted by molar-refractivity contribution is -0.140. The van der Waals surface area contributed by atoms with Gasteiger partial charge in [0.15, 0.2) is 0 Å². The molecule has 0 aliphatic carbocycles. The Balaban J connectivity index is 1.42. The fourth-order valence-electron chi connectivity index (χ4n) is 5.26. The molecule has 0 bridgehead atoms. The van der Waals surface area contributed by atoms with Crippen LogP contribution in [0.5, 0.6) is 0 Å². The van der Waals surface area contributed by atoms with Crippen molar-refractivity contribution in [1.29, 1.82) is 0 Å². The second-order valence-electron chi connectivity index (χ2n) is 9.75. The van der Waals surface area contributed by atoms with Crippen LogP contribution < -0.4 is 0 Å². The van der Waals surface area contributed by atoms with Gasteiger partial charge < -0.3 is 19.5 Å². The monoisotopic (exact) mass is 555 g/mol. The smallest absolute Gasteiger partial charge is 0.295 e. The van der Waals surface area contributed by atoms with Gasteiger partial charge in [0, 0.05) is 44.8 Å². The molecule has 0 radical (unpaired) electrons. The molecule has 3 heterocycles. The highest BCUT2D eigenvalue weighted by molar-refractivity contribution is 7.89. The lowest BCUT2D eigenvalue weighted by atomic mass is 9.95. The Kier molecular flexibility index (Phi) is 8.43. The molecule has 208 valence electrons. The standard InChI is InChI=1S/C28H33N3O7S/c32-26(22-7-9-23(10-8-22)39(35,36)30-15-19-38-20-16-30)24-25(21-5-2-1-3-6-21)31(28(34)27(24)33)12-4-11-29-13-17-37-18-14-29/h1-3,5-10,25,32H,4,11-20H2/t25-/m1/s1. The third-order valence-electron chi connectivity index (χ3n) is 7.37. The number of amides is 1. The van der Waals surface area contributed by atoms with Crippen LogP contribution in [0.25, 0.3) is 5.76 Å². The highest BCUT2D eigenvalue weighted by atomic mass is 32.2. The van der Waals surface area contributed by atoms with Gasteiger partial charge in [0.25, 0.3) is 11.7 Å². The van der Waals surface area contributed by atoms with E-state index in [2.05, 4.69) is 4.90 Å². The predicted octanol–water partition coefficient (Wildman–Crippen LogP) is 1.85. The van der Waals surface area contributed by atoms with Crippen molar-refractivity contribution in [2.75, 3.05) is 65.7 Å². The van der Waals surface area contributed by atoms with E-state index in [9.17, 15) is 23.1 Å². The minimum absolute atomic E-state index is 0.00126. The van der Waals surface area contributed by atoms with Crippen molar-refractivity contribution in [3.8, 4) is 0 Å². The lowest BCUT2D eigenvalue weighted by Gasteiger charge is -2.29. The third-order valence-corrected chi connectivity index (χ3v) is 9.28. The van der Waals surface area contributed by atoms with E-state index in [1.54, 1.807) is 0 Å². The predicted molar refractivity (Wildman–Crippen MR) is 143 cm³/mol. The zero-order chi connectivity index (χ0) is 27.4. The van der Waals surface area contributed by atoms with Crippen molar-refractivity contribution in [3.63, 3.8) is 0 Å². The summed E-state index contributed by atoms with van der Waals surface area (Å²) < 4.78 is 38.0. The van der Waals surface area contributed by atoms with Crippen molar-refractivity contribution in [1.82, 2.24) is 14.1 Å². The number of likely N-dealkylation sites (tertiary alicyclic amines) is 1. The summed E-state index contributed by atoms with van der Waals surface area (Å²) in [7, 11) is -3.71. The van der Waals surface area contributed by atoms with Crippen molar-refractivity contribution in [2.24, 2.45) is 0 Å². The van der Waals surface area contributed by atoms with Crippen LogP contribution in [0.15, 0.2) is 65.1 Å². The maximum Gasteiger partial charge on any atom is 0.295 e. The number of ether oxygens (including phenoxy) is 2. The van der Waals surface area contributed by atoms with E-state index in [1.165, 1.54) is 33.5 Å². The summed E-state index contributed by atoms with van der Waals surface area (Å²) in [6.45, 7) is 5.38. The van der Waals surface area contributed by atoms with Gasteiger partial charge in [-0.2, -0.15) is 4.31 Å². The molecule has 10 nitrogen and oxygen atoms in total. The van der Waals surface area contributed by atoms with Crippen LogP contribution in [0.2, 0.25) is 0 Å². The normalized spacial score (nSPS) is 22.9. The first kappa shape index (κ1) is 27.5. The van der Waals surface area contributed by atoms with E-state index in [0.29, 0.717) is 39.4 Å². The molecule has 39 heavy (non-hydrogen) atoms. The fourth-order valence-corrected chi connectivity index (χ4v) is 6.67. The molecule has 11 heteroatoms. The third kappa shape index (κ3) is 5.78. The number of aliphatic hydroxyl groups excluding tert-OH is 1. The van der Waals surface area contributed by atoms with Crippen LogP contribution in [0.1, 0.15) is 23.6 Å². The summed E-state index contributed by atoms with van der Waals surface area (Å²) >= 11 is 0. The summed E-state index contributed by atoms with van der Waals surface area (Å²) in [4.78, 5) is 30.3. The molecule has 5 rings (SSSR count). The first-order valence-electron chi connectivity index (χ1n) is 13.2. The molecular weight excluding hydrogens is 522 g/mol. The lowest BCUT2D eigenvalue weighted by Crippen LogP contribution is -2.40. The number of carbonyl (C=O) groups excluding carboxylic acids is 2. The van der Waals surface area contributed by atoms with Gasteiger partial charge in [0.1, 0.15) is 5.76 Å². The number of rotatable bonds is 8. The quantitative estimate of drug-likeness (QED) is 0.298. The number of carbonyl (C=O) groups is 2. The highest BCUT2D eigenvalue weighted by Crippen LogP contribution is 2.39. The van der Waals surface area contributed by atoms with Gasteiger partial charge in [-0.3, -0.25) is 14.5 Å². The van der Waals surface area contributed by atoms with E-state index in [4.69, 9.17) is 9.47 Å². The molecule has 3 fully saturated rings. The summed E-state index contributed by atoms with van der Waals surface area (Å²) in [5, 5.41) is 11.3. The second-order valence-corrected chi connectivity index (χ2v) is 11.7. The first-order valence-corrected chi connectivity index (χ1v) is 14.6. The minimum atomic E-state index is -3.71. The van der Waals surface area contributed by atoms with Gasteiger partial charge in [0.05, 0.1) is 42.9 Å². The average Bonchev–Trinajstić information content (AvgIpc) is 3.23. The Hall–Kier alpha value is -3.09. The summed E-state index contributed by atoms with van der Waals surface area (Å²) in [6, 6.07) is 14.2. The van der Waals surface area contributed by atoms with Gasteiger partial charge in [-0.15, -0.1) is 0 Å². The van der Waals surface area contributed by atoms with Crippen LogP contribution in [-0.2, 0) is 29.1 Å². The molecule has 0 saturated carbocycles. The number of sulfonamides is 1. The van der Waals surface area contributed by atoms with E-state index in [0.717, 1.165) is 25.2 Å². The van der Waals surface area contributed by atoms with Gasteiger partial charge in [-0.25, -0.2) is 8.42 Å². The number of hydrogen-bond acceptors (Lipinski definition) is 8. The molecule has 3 aliphatic rings. The Bertz CT molecular complexity index is 1320. The van der Waals surface area contributed by atoms with Crippen molar-refractivity contribution in [2.45, 2.75) is 17.4 Å². The average molecular weight is 556 g/mol. The van der Waals surface area contributed by atoms with Crippen LogP contribution in [0.3, 0.4) is 0 Å². The zero-order valence-corrected chi connectivity index (χ0v) is 22.5. The highest BCUT2D eigenvalue weighted by Gasteiger charge is 2.45. The Morgan fingerprint density at radius 1 is 0.846 bits per heavy atom. The van der Waals surface area contributed by atoms with E-state index in [1.807, 2.05) is 30.3 Å². The zero-order valence-electron chi connectivity index (χ0n) is 21.7. The summed E-state index contributed by atoms with van der Waals surface area (Å²) in [6.07, 6.45) is 0.671. The van der Waals surface area contributed by atoms with Crippen LogP contribution >= 0.6 is 0 Å². The van der Waals surface area contributed by atoms with Crippen molar-refractivity contribution >= 4 is 27.5 Å². The summed E-state index contributed by atoms with van der Waals surface area (Å²) in [5.74, 6) is -1.73. The second kappa shape index (κ2) is 12.0. The van der Waals surface area contributed by atoms with Crippen molar-refractivity contribution < 1.29 is 32.6 Å². The fraction of sp³-hybridized carbons (Fsp3) is 0.429. The number of morpholine rings is 2. The van der Waals surface area contributed by atoms with Crippen molar-refractivity contribution in [3.05, 3.63) is 71.3 Å². The molecule has 1 N–H and O–H groups in total. The van der Waals surface area contributed by atoms with Gasteiger partial charge >= 0.3 is 0 Å². The van der Waals surface area contributed by atoms with Gasteiger partial charge in [-0.1, -0.05) is 30.3 Å². The van der Waals surface area contributed by atoms with E-state index >= 15 is 0 Å². The first-order chi connectivity index (χ1) is 18.9. The number of hydrogen-bond donors (Lipinski definition) is 1. The topological polar surface area (TPSA) is 117 Å². The summed E-state index contributed by atoms with van der Waals surface area (Å²) in [5.41, 5.74) is 0.987. The van der Waals surface area contributed by atoms with E-state index in [-0.39, 0.29) is 34.9 Å². The molecule has 2 aromatic rings. The molecule has 0 spiro atoms. The Morgan fingerprint density at radius 2 is 1.46 bits per heavy atom. The number of Topliss-reactive ketones (excluding diaryl/α,β-unsaturated/α-hetero) is 1. The number of nitrogens with zero attached hydrogens (tertiary/aromatic N) is 3. The van der Waals surface area contributed by atoms with Gasteiger partial charge in [0.2, 0.25) is 10.0 Å². The number of ketones is 1. The number of aliphatic hydroxyl groups is 1. The van der Waals surface area contributed by atoms with Gasteiger partial charge in [-0.05, 0) is 36.2 Å². The SMILES string of the molecule is O=C1C(=O)N(CCCN2CCOCC2)[C@H](c2ccccc2)C1=C(O)c1ccc(S(=O)(=O)N2CCOCC2)cc1. The number of benzene rings is 2. The molecule has 1 amide bonds. The molecule has 1 atom stereocenters. The van der Waals surface area contributed by atoms with Crippen LogP contribution in [-0.4, -0.2) is 105 Å². The maximum atomic E-state index is 13.3. The molecule has 2 aromatic carbocycles. The largest absolute Gasteiger partial charge is 0.507 e. The molecule has 0 aromatic heterocycles. The van der Waals surface area contributed by atoms with Crippen LogP contribution in [0.4, 0.5) is 0 Å². The molecule has 0 unspecified atom stereocenters. The maximum absolute atomic E-state index is 13.3. The Morgan fingerprint density at radius 3 is 2.10 bits per heavy atom. The molecule has 3 aliphatic heterocycles. The van der Waals surface area contributed by atoms with E-state index < -0.39 is 27.8 Å². The Labute approximate surface area is 228 Å².